The van der Waals surface area contributed by atoms with E-state index in [0.717, 1.165) is 23.3 Å². The number of carbonyl (C=O) groups is 1. The average molecular weight is 365 g/mol. The molecule has 1 aliphatic heterocycles. The molecule has 1 aromatic rings. The van der Waals surface area contributed by atoms with Gasteiger partial charge in [0, 0.05) is 31.5 Å². The van der Waals surface area contributed by atoms with E-state index in [2.05, 4.69) is 6.07 Å². The highest BCUT2D eigenvalue weighted by Crippen LogP contribution is 2.45. The van der Waals surface area contributed by atoms with Crippen LogP contribution in [0.3, 0.4) is 0 Å². The van der Waals surface area contributed by atoms with E-state index in [-0.39, 0.29) is 12.6 Å². The summed E-state index contributed by atoms with van der Waals surface area (Å²) in [6.07, 6.45) is -2.24. The Bertz CT molecular complexity index is 663. The maximum atomic E-state index is 13.1. The first-order valence-electron chi connectivity index (χ1n) is 8.92. The van der Waals surface area contributed by atoms with Crippen molar-refractivity contribution in [1.29, 1.82) is 5.26 Å². The maximum absolute atomic E-state index is 13.1. The van der Waals surface area contributed by atoms with Crippen molar-refractivity contribution in [3.8, 4) is 6.07 Å². The molecule has 140 valence electrons. The molecule has 0 aromatic heterocycles. The molecule has 0 N–H and O–H groups in total. The number of nitrogens with zero attached hydrogens (tertiary/aromatic N) is 3. The van der Waals surface area contributed by atoms with Crippen LogP contribution < -0.4 is 0 Å². The zero-order valence-electron chi connectivity index (χ0n) is 14.5. The number of amides is 1. The minimum atomic E-state index is -4.86. The second-order valence-corrected chi connectivity index (χ2v) is 7.16. The zero-order chi connectivity index (χ0) is 18.7. The van der Waals surface area contributed by atoms with Crippen LogP contribution in [0.5, 0.6) is 0 Å². The molecule has 0 unspecified atom stereocenters. The molecule has 26 heavy (non-hydrogen) atoms. The largest absolute Gasteiger partial charge is 0.471 e. The normalized spacial score (nSPS) is 24.1. The first-order chi connectivity index (χ1) is 12.4. The Hall–Kier alpha value is -2.07. The summed E-state index contributed by atoms with van der Waals surface area (Å²) < 4.78 is 39.3. The van der Waals surface area contributed by atoms with Crippen LogP contribution in [0.2, 0.25) is 0 Å². The lowest BCUT2D eigenvalue weighted by Crippen LogP contribution is -2.50. The van der Waals surface area contributed by atoms with E-state index in [1.165, 1.54) is 0 Å². The molecular formula is C19H22F3N3O. The fourth-order valence-electron chi connectivity index (χ4n) is 3.74. The van der Waals surface area contributed by atoms with Crippen LogP contribution in [0.25, 0.3) is 0 Å². The predicted octanol–water partition coefficient (Wildman–Crippen LogP) is 3.52. The monoisotopic (exact) mass is 365 g/mol. The highest BCUT2D eigenvalue weighted by Gasteiger charge is 2.52. The third-order valence-corrected chi connectivity index (χ3v) is 5.33. The predicted molar refractivity (Wildman–Crippen MR) is 89.9 cm³/mol. The summed E-state index contributed by atoms with van der Waals surface area (Å²) in [7, 11) is 0. The highest BCUT2D eigenvalue weighted by molar-refractivity contribution is 5.82. The van der Waals surface area contributed by atoms with Gasteiger partial charge in [-0.25, -0.2) is 0 Å². The molecule has 4 nitrogen and oxygen atoms in total. The molecule has 0 bridgehead atoms. The minimum absolute atomic E-state index is 0.00557. The Labute approximate surface area is 151 Å². The van der Waals surface area contributed by atoms with Gasteiger partial charge in [-0.2, -0.15) is 18.4 Å². The van der Waals surface area contributed by atoms with Gasteiger partial charge in [-0.05, 0) is 30.7 Å². The van der Waals surface area contributed by atoms with E-state index in [1.807, 2.05) is 35.2 Å². The number of hydrogen-bond donors (Lipinski definition) is 0. The van der Waals surface area contributed by atoms with Gasteiger partial charge in [-0.3, -0.25) is 9.69 Å². The summed E-state index contributed by atoms with van der Waals surface area (Å²) in [6.45, 7) is 1.25. The van der Waals surface area contributed by atoms with E-state index in [1.54, 1.807) is 0 Å². The Kier molecular flexibility index (Phi) is 5.52. The van der Waals surface area contributed by atoms with Crippen molar-refractivity contribution in [1.82, 2.24) is 9.80 Å². The molecule has 1 aromatic carbocycles. The Morgan fingerprint density at radius 1 is 1.23 bits per heavy atom. The summed E-state index contributed by atoms with van der Waals surface area (Å²) in [6, 6.07) is 11.1. The van der Waals surface area contributed by atoms with Crippen LogP contribution in [0, 0.1) is 17.2 Å². The highest BCUT2D eigenvalue weighted by atomic mass is 19.4. The van der Waals surface area contributed by atoms with E-state index in [0.29, 0.717) is 31.8 Å². The number of alkyl halides is 3. The molecule has 1 heterocycles. The van der Waals surface area contributed by atoms with Gasteiger partial charge in [-0.15, -0.1) is 0 Å². The van der Waals surface area contributed by atoms with Crippen LogP contribution in [-0.4, -0.2) is 47.7 Å². The van der Waals surface area contributed by atoms with E-state index in [9.17, 15) is 18.0 Å². The van der Waals surface area contributed by atoms with Crippen LogP contribution in [-0.2, 0) is 4.79 Å². The summed E-state index contributed by atoms with van der Waals surface area (Å²) >= 11 is 0. The van der Waals surface area contributed by atoms with Crippen molar-refractivity contribution in [2.24, 2.45) is 5.92 Å². The third kappa shape index (κ3) is 4.36. The van der Waals surface area contributed by atoms with Gasteiger partial charge in [-0.1, -0.05) is 30.3 Å². The number of carbonyl (C=O) groups excluding carboxylic acids is 1. The van der Waals surface area contributed by atoms with Crippen LogP contribution >= 0.6 is 0 Å². The van der Waals surface area contributed by atoms with Crippen LogP contribution in [0.4, 0.5) is 13.2 Å². The summed E-state index contributed by atoms with van der Waals surface area (Å²) in [4.78, 5) is 14.9. The third-order valence-electron chi connectivity index (χ3n) is 5.33. The van der Waals surface area contributed by atoms with Gasteiger partial charge in [0.05, 0.1) is 12.7 Å². The molecule has 1 saturated heterocycles. The zero-order valence-corrected chi connectivity index (χ0v) is 14.5. The summed E-state index contributed by atoms with van der Waals surface area (Å²) in [5, 5.41) is 8.77. The number of hydrogen-bond acceptors (Lipinski definition) is 3. The van der Waals surface area contributed by atoms with Gasteiger partial charge >= 0.3 is 12.1 Å². The molecule has 7 heteroatoms. The number of rotatable bonds is 5. The first kappa shape index (κ1) is 18.7. The van der Waals surface area contributed by atoms with Crippen molar-refractivity contribution in [3.05, 3.63) is 35.9 Å². The topological polar surface area (TPSA) is 47.3 Å². The van der Waals surface area contributed by atoms with Gasteiger partial charge in [0.2, 0.25) is 0 Å². The lowest BCUT2D eigenvalue weighted by Gasteiger charge is -2.35. The van der Waals surface area contributed by atoms with E-state index >= 15 is 0 Å². The van der Waals surface area contributed by atoms with Gasteiger partial charge in [0.15, 0.2) is 0 Å². The number of likely N-dealkylation sites (tertiary alicyclic amines) is 1. The second kappa shape index (κ2) is 7.67. The maximum Gasteiger partial charge on any atom is 0.471 e. The van der Waals surface area contributed by atoms with Crippen molar-refractivity contribution in [3.63, 3.8) is 0 Å². The summed E-state index contributed by atoms with van der Waals surface area (Å²) in [5.41, 5.74) is 0.977. The minimum Gasteiger partial charge on any atom is -0.318 e. The fraction of sp³-hybridized carbons (Fsp3) is 0.579. The van der Waals surface area contributed by atoms with Crippen molar-refractivity contribution >= 4 is 5.91 Å². The molecule has 0 radical (unpaired) electrons. The molecule has 3 rings (SSSR count). The molecule has 1 aliphatic carbocycles. The number of nitriles is 1. The lowest BCUT2D eigenvalue weighted by atomic mass is 9.94. The molecule has 1 saturated carbocycles. The SMILES string of the molecule is N#CCC1CCN(CN(C(=O)C(F)(F)F)[C@@H]2C[C@H]2c2ccccc2)CC1. The van der Waals surface area contributed by atoms with E-state index < -0.39 is 18.1 Å². The van der Waals surface area contributed by atoms with Gasteiger partial charge in [0.1, 0.15) is 0 Å². The smallest absolute Gasteiger partial charge is 0.318 e. The Balaban J connectivity index is 1.66. The van der Waals surface area contributed by atoms with Crippen molar-refractivity contribution in [2.45, 2.75) is 43.8 Å². The standard InChI is InChI=1S/C19H22F3N3O/c20-19(21,22)18(26)25(13-24-10-7-14(6-9-23)8-11-24)17-12-16(17)15-4-2-1-3-5-15/h1-5,14,16-17H,6-8,10-13H2/t16-,17+/m0/s1. The second-order valence-electron chi connectivity index (χ2n) is 7.16. The number of halogens is 3. The van der Waals surface area contributed by atoms with Crippen molar-refractivity contribution < 1.29 is 18.0 Å². The molecule has 2 fully saturated rings. The number of benzene rings is 1. The van der Waals surface area contributed by atoms with Gasteiger partial charge in [0.25, 0.3) is 0 Å². The molecular weight excluding hydrogens is 343 g/mol. The van der Waals surface area contributed by atoms with Crippen LogP contribution in [0.15, 0.2) is 30.3 Å². The van der Waals surface area contributed by atoms with Crippen molar-refractivity contribution in [2.75, 3.05) is 19.8 Å². The average Bonchev–Trinajstić information content (AvgIpc) is 3.41. The quantitative estimate of drug-likeness (QED) is 0.802. The number of piperidine rings is 1. The Morgan fingerprint density at radius 2 is 1.88 bits per heavy atom. The molecule has 0 spiro atoms. The lowest BCUT2D eigenvalue weighted by molar-refractivity contribution is -0.188. The Morgan fingerprint density at radius 3 is 2.46 bits per heavy atom. The van der Waals surface area contributed by atoms with Crippen LogP contribution in [0.1, 0.15) is 37.2 Å². The summed E-state index contributed by atoms with van der Waals surface area (Å²) in [5.74, 6) is -1.47. The molecule has 2 aliphatic rings. The molecule has 1 amide bonds. The van der Waals surface area contributed by atoms with E-state index in [4.69, 9.17) is 5.26 Å². The molecule has 2 atom stereocenters. The fourth-order valence-corrected chi connectivity index (χ4v) is 3.74. The first-order valence-corrected chi connectivity index (χ1v) is 8.92. The van der Waals surface area contributed by atoms with Gasteiger partial charge < -0.3 is 4.90 Å².